The molecule has 1 aromatic carbocycles. The summed E-state index contributed by atoms with van der Waals surface area (Å²) in [6, 6.07) is 6.26. The van der Waals surface area contributed by atoms with E-state index in [2.05, 4.69) is 38.6 Å². The van der Waals surface area contributed by atoms with E-state index in [-0.39, 0.29) is 11.7 Å². The Bertz CT molecular complexity index is 1110. The van der Waals surface area contributed by atoms with Crippen LogP contribution in [0.3, 0.4) is 0 Å². The summed E-state index contributed by atoms with van der Waals surface area (Å²) in [7, 11) is 1.89. The third-order valence-electron chi connectivity index (χ3n) is 4.81. The molecule has 2 aromatic heterocycles. The first-order valence-corrected chi connectivity index (χ1v) is 9.40. The molecule has 0 unspecified atom stereocenters. The molecule has 1 aliphatic carbocycles. The van der Waals surface area contributed by atoms with Crippen molar-refractivity contribution in [2.45, 2.75) is 19.4 Å². The van der Waals surface area contributed by atoms with Crippen molar-refractivity contribution in [2.75, 3.05) is 11.9 Å². The van der Waals surface area contributed by atoms with Crippen LogP contribution in [0.1, 0.15) is 34.2 Å². The minimum atomic E-state index is -0.598. The second-order valence-electron chi connectivity index (χ2n) is 7.34. The topological polar surface area (TPSA) is 125 Å². The normalized spacial score (nSPS) is 13.7. The number of benzene rings is 1. The molecule has 8 nitrogen and oxygen atoms in total. The number of anilines is 1. The molecular weight excluding hydrogens is 366 g/mol. The van der Waals surface area contributed by atoms with Crippen LogP contribution < -0.4 is 16.8 Å². The molecule has 1 amide bonds. The van der Waals surface area contributed by atoms with Gasteiger partial charge < -0.3 is 16.8 Å². The van der Waals surface area contributed by atoms with Crippen molar-refractivity contribution in [2.24, 2.45) is 18.5 Å². The van der Waals surface area contributed by atoms with Crippen molar-refractivity contribution in [3.63, 3.8) is 0 Å². The standard InChI is InChI=1S/C21H23N7O/c1-12(22)8-24-18-10-25-20(21(23)29)19(27-18)16-6-13-3-4-14(5-15(13)7-16)17-9-26-28(2)11-17/h3-5,7,9-12H,6,8,22H2,1-2H3,(H2,23,29)(H,24,27)/t12-/m0/s1. The predicted octanol–water partition coefficient (Wildman–Crippen LogP) is 1.83. The number of allylic oxidation sites excluding steroid dienone is 1. The van der Waals surface area contributed by atoms with Crippen LogP contribution in [0.4, 0.5) is 5.82 Å². The van der Waals surface area contributed by atoms with E-state index in [0.717, 1.165) is 22.3 Å². The van der Waals surface area contributed by atoms with Gasteiger partial charge in [-0.05, 0) is 41.3 Å². The molecule has 8 heteroatoms. The molecule has 0 radical (unpaired) electrons. The summed E-state index contributed by atoms with van der Waals surface area (Å²) in [6.07, 6.45) is 8.03. The molecule has 29 heavy (non-hydrogen) atoms. The van der Waals surface area contributed by atoms with E-state index >= 15 is 0 Å². The van der Waals surface area contributed by atoms with Crippen molar-refractivity contribution in [1.29, 1.82) is 0 Å². The lowest BCUT2D eigenvalue weighted by atomic mass is 10.0. The van der Waals surface area contributed by atoms with E-state index < -0.39 is 5.91 Å². The molecule has 4 rings (SSSR count). The lowest BCUT2D eigenvalue weighted by Crippen LogP contribution is -2.26. The Kier molecular flexibility index (Phi) is 4.85. The fraction of sp³-hybridized carbons (Fsp3) is 0.238. The Morgan fingerprint density at radius 3 is 2.83 bits per heavy atom. The van der Waals surface area contributed by atoms with Crippen LogP contribution in [0.25, 0.3) is 22.8 Å². The monoisotopic (exact) mass is 389 g/mol. The van der Waals surface area contributed by atoms with Crippen LogP contribution in [-0.2, 0) is 13.5 Å². The van der Waals surface area contributed by atoms with E-state index in [4.69, 9.17) is 11.5 Å². The summed E-state index contributed by atoms with van der Waals surface area (Å²) in [5.74, 6) is -0.0330. The molecule has 148 valence electrons. The maximum absolute atomic E-state index is 11.9. The SMILES string of the molecule is C[C@H](N)CNc1cnc(C(N)=O)c(C2=Cc3cc(-c4cnn(C)c4)ccc3C2)n1. The number of aromatic nitrogens is 4. The largest absolute Gasteiger partial charge is 0.367 e. The van der Waals surface area contributed by atoms with Crippen molar-refractivity contribution >= 4 is 23.4 Å². The van der Waals surface area contributed by atoms with Gasteiger partial charge in [-0.3, -0.25) is 9.48 Å². The third kappa shape index (κ3) is 3.88. The van der Waals surface area contributed by atoms with Crippen LogP contribution in [0, 0.1) is 0 Å². The number of carbonyl (C=O) groups excluding carboxylic acids is 1. The summed E-state index contributed by atoms with van der Waals surface area (Å²) >= 11 is 0. The average molecular weight is 389 g/mol. The molecular formula is C21H23N7O. The zero-order valence-corrected chi connectivity index (χ0v) is 16.4. The number of rotatable bonds is 6. The Morgan fingerprint density at radius 1 is 1.31 bits per heavy atom. The first-order chi connectivity index (χ1) is 13.9. The smallest absolute Gasteiger partial charge is 0.269 e. The molecule has 0 saturated carbocycles. The number of hydrogen-bond donors (Lipinski definition) is 3. The average Bonchev–Trinajstić information content (AvgIpc) is 3.31. The Morgan fingerprint density at radius 2 is 2.14 bits per heavy atom. The number of carbonyl (C=O) groups is 1. The van der Waals surface area contributed by atoms with Crippen LogP contribution in [0.15, 0.2) is 36.8 Å². The fourth-order valence-corrected chi connectivity index (χ4v) is 3.38. The quantitative estimate of drug-likeness (QED) is 0.591. The van der Waals surface area contributed by atoms with E-state index in [0.29, 0.717) is 24.5 Å². The van der Waals surface area contributed by atoms with Gasteiger partial charge in [-0.15, -0.1) is 0 Å². The molecule has 0 saturated heterocycles. The number of nitrogens with one attached hydrogen (secondary N) is 1. The summed E-state index contributed by atoms with van der Waals surface area (Å²) in [6.45, 7) is 2.45. The highest BCUT2D eigenvalue weighted by Gasteiger charge is 2.22. The second kappa shape index (κ2) is 7.48. The van der Waals surface area contributed by atoms with Crippen LogP contribution in [-0.4, -0.2) is 38.2 Å². The van der Waals surface area contributed by atoms with E-state index in [9.17, 15) is 4.79 Å². The summed E-state index contributed by atoms with van der Waals surface area (Å²) in [4.78, 5) is 20.8. The van der Waals surface area contributed by atoms with Gasteiger partial charge in [-0.25, -0.2) is 9.97 Å². The maximum Gasteiger partial charge on any atom is 0.269 e. The summed E-state index contributed by atoms with van der Waals surface area (Å²) in [5.41, 5.74) is 17.3. The Balaban J connectivity index is 1.69. The van der Waals surface area contributed by atoms with Crippen LogP contribution in [0.2, 0.25) is 0 Å². The summed E-state index contributed by atoms with van der Waals surface area (Å²) < 4.78 is 1.78. The molecule has 1 atom stereocenters. The number of amides is 1. The number of nitrogens with zero attached hydrogens (tertiary/aromatic N) is 4. The van der Waals surface area contributed by atoms with Gasteiger partial charge in [0.2, 0.25) is 0 Å². The second-order valence-corrected chi connectivity index (χ2v) is 7.34. The highest BCUT2D eigenvalue weighted by atomic mass is 16.1. The van der Waals surface area contributed by atoms with Gasteiger partial charge in [0.15, 0.2) is 5.69 Å². The molecule has 5 N–H and O–H groups in total. The van der Waals surface area contributed by atoms with Gasteiger partial charge in [0.25, 0.3) is 5.91 Å². The highest BCUT2D eigenvalue weighted by molar-refractivity contribution is 5.99. The van der Waals surface area contributed by atoms with Crippen LogP contribution >= 0.6 is 0 Å². The van der Waals surface area contributed by atoms with Crippen molar-refractivity contribution in [3.8, 4) is 11.1 Å². The number of aryl methyl sites for hydroxylation is 1. The zero-order chi connectivity index (χ0) is 20.5. The Hall–Kier alpha value is -3.52. The molecule has 3 aromatic rings. The number of fused-ring (bicyclic) bond motifs is 1. The van der Waals surface area contributed by atoms with E-state index in [1.165, 1.54) is 11.8 Å². The van der Waals surface area contributed by atoms with Gasteiger partial charge in [0.05, 0.1) is 12.4 Å². The molecule has 0 fully saturated rings. The van der Waals surface area contributed by atoms with Gasteiger partial charge in [0, 0.05) is 37.8 Å². The lowest BCUT2D eigenvalue weighted by Gasteiger charge is -2.11. The first-order valence-electron chi connectivity index (χ1n) is 9.40. The molecule has 0 aliphatic heterocycles. The predicted molar refractivity (Wildman–Crippen MR) is 113 cm³/mol. The van der Waals surface area contributed by atoms with E-state index in [1.807, 2.05) is 32.4 Å². The summed E-state index contributed by atoms with van der Waals surface area (Å²) in [5, 5.41) is 7.38. The van der Waals surface area contributed by atoms with Gasteiger partial charge in [-0.2, -0.15) is 5.10 Å². The maximum atomic E-state index is 11.9. The number of nitrogens with two attached hydrogens (primary N) is 2. The van der Waals surface area contributed by atoms with Crippen molar-refractivity contribution in [1.82, 2.24) is 19.7 Å². The Labute approximate surface area is 168 Å². The van der Waals surface area contributed by atoms with E-state index in [1.54, 1.807) is 4.68 Å². The highest BCUT2D eigenvalue weighted by Crippen LogP contribution is 2.34. The minimum absolute atomic E-state index is 0.0306. The first kappa shape index (κ1) is 18.8. The lowest BCUT2D eigenvalue weighted by molar-refractivity contribution is 0.0995. The number of primary amides is 1. The van der Waals surface area contributed by atoms with Gasteiger partial charge in [0.1, 0.15) is 11.5 Å². The van der Waals surface area contributed by atoms with Crippen LogP contribution in [0.5, 0.6) is 0 Å². The third-order valence-corrected chi connectivity index (χ3v) is 4.81. The molecule has 0 spiro atoms. The number of hydrogen-bond acceptors (Lipinski definition) is 6. The fourth-order valence-electron chi connectivity index (χ4n) is 3.38. The molecule has 1 aliphatic rings. The van der Waals surface area contributed by atoms with Crippen molar-refractivity contribution < 1.29 is 4.79 Å². The van der Waals surface area contributed by atoms with Gasteiger partial charge >= 0.3 is 0 Å². The molecule has 2 heterocycles. The molecule has 0 bridgehead atoms. The zero-order valence-electron chi connectivity index (χ0n) is 16.4. The van der Waals surface area contributed by atoms with Crippen molar-refractivity contribution in [3.05, 3.63) is 59.3 Å². The minimum Gasteiger partial charge on any atom is -0.367 e. The van der Waals surface area contributed by atoms with Gasteiger partial charge in [-0.1, -0.05) is 12.1 Å².